The average Bonchev–Trinajstić information content (AvgIpc) is 3.29. The van der Waals surface area contributed by atoms with Crippen LogP contribution in [-0.2, 0) is 26.0 Å². The zero-order valence-electron chi connectivity index (χ0n) is 28.6. The minimum absolute atomic E-state index is 0.132. The van der Waals surface area contributed by atoms with Crippen molar-refractivity contribution >= 4 is 27.5 Å². The van der Waals surface area contributed by atoms with Gasteiger partial charge < -0.3 is 29.7 Å². The molecule has 0 bridgehead atoms. The van der Waals surface area contributed by atoms with Gasteiger partial charge in [-0.05, 0) is 67.5 Å². The van der Waals surface area contributed by atoms with Gasteiger partial charge >= 0.3 is 0 Å². The van der Waals surface area contributed by atoms with Crippen molar-refractivity contribution in [3.63, 3.8) is 0 Å². The molecule has 1 heterocycles. The Morgan fingerprint density at radius 2 is 1.64 bits per heavy atom. The molecule has 2 N–H and O–H groups in total. The summed E-state index contributed by atoms with van der Waals surface area (Å²) < 4.78 is 44.0. The summed E-state index contributed by atoms with van der Waals surface area (Å²) in [6.07, 6.45) is 1.77. The van der Waals surface area contributed by atoms with E-state index in [1.165, 1.54) is 24.4 Å². The lowest BCUT2D eigenvalue weighted by Crippen LogP contribution is -2.56. The Hall–Kier alpha value is -3.84. The molecule has 12 nitrogen and oxygen atoms in total. The number of aryl methyl sites for hydroxylation is 1. The van der Waals surface area contributed by atoms with Crippen LogP contribution in [0.5, 0.6) is 17.2 Å². The number of benzene rings is 1. The highest BCUT2D eigenvalue weighted by molar-refractivity contribution is 7.89. The molecule has 2 aromatic carbocycles. The predicted octanol–water partition coefficient (Wildman–Crippen LogP) is 3.57. The van der Waals surface area contributed by atoms with Gasteiger partial charge in [0.1, 0.15) is 6.04 Å². The van der Waals surface area contributed by atoms with Gasteiger partial charge in [-0.15, -0.1) is 0 Å². The Morgan fingerprint density at radius 3 is 2.19 bits per heavy atom. The third-order valence-electron chi connectivity index (χ3n) is 9.21. The molecule has 0 spiro atoms. The van der Waals surface area contributed by atoms with Crippen LogP contribution < -0.4 is 30.3 Å². The van der Waals surface area contributed by atoms with Gasteiger partial charge in [0.2, 0.25) is 33.0 Å². The molecular weight excluding hydrogens is 624 g/mol. The fourth-order valence-corrected chi connectivity index (χ4v) is 7.60. The molecule has 4 rings (SSSR count). The summed E-state index contributed by atoms with van der Waals surface area (Å²) in [5.41, 5.74) is 2.86. The highest BCUT2D eigenvalue weighted by Crippen LogP contribution is 2.50. The Kier molecular flexibility index (Phi) is 11.4. The number of nitrogens with zero attached hydrogens (tertiary/aromatic N) is 2. The largest absolute Gasteiger partial charge is 0.493 e. The van der Waals surface area contributed by atoms with Gasteiger partial charge in [-0.1, -0.05) is 26.3 Å². The maximum absolute atomic E-state index is 13.9. The standard InChI is InChI=1S/C34H48N4O8S/c1-9-21(4)31(34(41)37-14-16-38(17-15-37)47(42,43)20(2)3)36-27-13-11-24-25(19-28(27)40)26(35-22(5)39)12-10-23-18-29(44-6)32(45-7)33(46-8)30(23)24/h11,13,18-21,26,31H,9-10,12,14-17H2,1-8H3,(H,35,39)(H,36,40). The van der Waals surface area contributed by atoms with Crippen LogP contribution in [0.25, 0.3) is 11.1 Å². The molecule has 1 saturated heterocycles. The summed E-state index contributed by atoms with van der Waals surface area (Å²) >= 11 is 0. The van der Waals surface area contributed by atoms with Gasteiger partial charge in [0, 0.05) is 38.7 Å². The third kappa shape index (κ3) is 7.35. The maximum Gasteiger partial charge on any atom is 0.245 e. The first-order valence-corrected chi connectivity index (χ1v) is 17.6. The molecule has 2 aromatic rings. The van der Waals surface area contributed by atoms with Crippen molar-refractivity contribution < 1.29 is 32.2 Å². The lowest BCUT2D eigenvalue weighted by atomic mass is 9.95. The van der Waals surface area contributed by atoms with E-state index in [2.05, 4.69) is 10.6 Å². The number of hydrogen-bond donors (Lipinski definition) is 2. The van der Waals surface area contributed by atoms with Gasteiger partial charge in [0.15, 0.2) is 11.5 Å². The summed E-state index contributed by atoms with van der Waals surface area (Å²) in [6.45, 7) is 9.64. The van der Waals surface area contributed by atoms with E-state index in [-0.39, 0.29) is 55.0 Å². The number of anilines is 1. The van der Waals surface area contributed by atoms with E-state index in [1.807, 2.05) is 26.0 Å². The van der Waals surface area contributed by atoms with Crippen LogP contribution in [0.15, 0.2) is 29.1 Å². The zero-order chi connectivity index (χ0) is 34.6. The molecule has 0 aromatic heterocycles. The minimum atomic E-state index is -3.42. The molecule has 2 aliphatic rings. The Morgan fingerprint density at radius 1 is 0.979 bits per heavy atom. The van der Waals surface area contributed by atoms with Gasteiger partial charge in [-0.25, -0.2) is 8.42 Å². The van der Waals surface area contributed by atoms with Crippen LogP contribution in [0.4, 0.5) is 5.69 Å². The lowest BCUT2D eigenvalue weighted by Gasteiger charge is -2.37. The van der Waals surface area contributed by atoms with E-state index in [0.29, 0.717) is 47.6 Å². The van der Waals surface area contributed by atoms with Crippen molar-refractivity contribution in [3.8, 4) is 28.4 Å². The summed E-state index contributed by atoms with van der Waals surface area (Å²) in [4.78, 5) is 41.9. The highest BCUT2D eigenvalue weighted by Gasteiger charge is 2.35. The number of carbonyl (C=O) groups is 2. The predicted molar refractivity (Wildman–Crippen MR) is 182 cm³/mol. The molecule has 258 valence electrons. The molecule has 2 amide bonds. The summed E-state index contributed by atoms with van der Waals surface area (Å²) in [7, 11) is 1.21. The van der Waals surface area contributed by atoms with Crippen molar-refractivity contribution in [1.29, 1.82) is 0 Å². The van der Waals surface area contributed by atoms with Crippen LogP contribution in [0.1, 0.15) is 64.6 Å². The Bertz CT molecular complexity index is 1650. The number of rotatable bonds is 11. The van der Waals surface area contributed by atoms with Gasteiger partial charge in [0.05, 0.1) is 38.3 Å². The smallest absolute Gasteiger partial charge is 0.245 e. The normalized spacial score (nSPS) is 17.9. The molecule has 1 fully saturated rings. The molecule has 47 heavy (non-hydrogen) atoms. The van der Waals surface area contributed by atoms with Crippen LogP contribution >= 0.6 is 0 Å². The van der Waals surface area contributed by atoms with E-state index < -0.39 is 27.4 Å². The molecule has 1 aliphatic carbocycles. The number of fused-ring (bicyclic) bond motifs is 3. The number of piperazine rings is 1. The average molecular weight is 673 g/mol. The van der Waals surface area contributed by atoms with Crippen molar-refractivity contribution in [1.82, 2.24) is 14.5 Å². The molecular formula is C34H48N4O8S. The third-order valence-corrected chi connectivity index (χ3v) is 11.5. The molecule has 0 saturated carbocycles. The first kappa shape index (κ1) is 36.0. The first-order chi connectivity index (χ1) is 22.3. The topological polar surface area (TPSA) is 144 Å². The number of ether oxygens (including phenoxy) is 3. The number of amides is 2. The van der Waals surface area contributed by atoms with Crippen LogP contribution in [-0.4, -0.2) is 88.2 Å². The fraction of sp³-hybridized carbons (Fsp3) is 0.559. The van der Waals surface area contributed by atoms with Crippen LogP contribution in [0, 0.1) is 5.92 Å². The van der Waals surface area contributed by atoms with Gasteiger partial charge in [0.25, 0.3) is 0 Å². The number of sulfonamides is 1. The summed E-state index contributed by atoms with van der Waals surface area (Å²) in [5, 5.41) is 5.73. The highest BCUT2D eigenvalue weighted by atomic mass is 32.2. The summed E-state index contributed by atoms with van der Waals surface area (Å²) in [6, 6.07) is 5.73. The number of methoxy groups -OCH3 is 3. The lowest BCUT2D eigenvalue weighted by molar-refractivity contribution is -0.134. The second-order valence-corrected chi connectivity index (χ2v) is 14.9. The monoisotopic (exact) mass is 672 g/mol. The Balaban J connectivity index is 1.78. The molecule has 13 heteroatoms. The SMILES string of the molecule is CCC(C)C(Nc1ccc2c(cc1=O)C(NC(C)=O)CCc1cc(OC)c(OC)c(OC)c1-2)C(=O)N1CCN(S(=O)(=O)C(C)C)CC1. The van der Waals surface area contributed by atoms with Gasteiger partial charge in [-0.3, -0.25) is 14.4 Å². The van der Waals surface area contributed by atoms with E-state index in [0.717, 1.165) is 11.1 Å². The maximum atomic E-state index is 13.9. The van der Waals surface area contributed by atoms with Crippen molar-refractivity contribution in [3.05, 3.63) is 45.6 Å². The van der Waals surface area contributed by atoms with Crippen LogP contribution in [0.2, 0.25) is 0 Å². The van der Waals surface area contributed by atoms with Gasteiger partial charge in [-0.2, -0.15) is 4.31 Å². The second-order valence-electron chi connectivity index (χ2n) is 12.4. The van der Waals surface area contributed by atoms with Crippen molar-refractivity contribution in [2.24, 2.45) is 5.92 Å². The van der Waals surface area contributed by atoms with E-state index in [4.69, 9.17) is 14.2 Å². The molecule has 0 radical (unpaired) electrons. The molecule has 3 unspecified atom stereocenters. The van der Waals surface area contributed by atoms with E-state index in [1.54, 1.807) is 39.0 Å². The zero-order valence-corrected chi connectivity index (χ0v) is 29.5. The quantitative estimate of drug-likeness (QED) is 0.366. The number of carbonyl (C=O) groups excluding carboxylic acids is 2. The number of hydrogen-bond acceptors (Lipinski definition) is 9. The summed E-state index contributed by atoms with van der Waals surface area (Å²) in [5.74, 6) is 0.822. The first-order valence-electron chi connectivity index (χ1n) is 16.1. The van der Waals surface area contributed by atoms with Crippen LogP contribution in [0.3, 0.4) is 0 Å². The fourth-order valence-electron chi connectivity index (χ4n) is 6.34. The van der Waals surface area contributed by atoms with Crippen molar-refractivity contribution in [2.45, 2.75) is 71.2 Å². The Labute approximate surface area is 277 Å². The minimum Gasteiger partial charge on any atom is -0.493 e. The van der Waals surface area contributed by atoms with Crippen molar-refractivity contribution in [2.75, 3.05) is 52.8 Å². The molecule has 3 atom stereocenters. The number of nitrogens with one attached hydrogen (secondary N) is 2. The van der Waals surface area contributed by atoms with E-state index in [9.17, 15) is 22.8 Å². The van der Waals surface area contributed by atoms with E-state index >= 15 is 0 Å². The molecule has 1 aliphatic heterocycles. The second kappa shape index (κ2) is 14.9.